The van der Waals surface area contributed by atoms with Gasteiger partial charge in [0.25, 0.3) is 11.6 Å². The second-order valence-electron chi connectivity index (χ2n) is 5.01. The van der Waals surface area contributed by atoms with Crippen LogP contribution >= 0.6 is 0 Å². The highest BCUT2D eigenvalue weighted by atomic mass is 16.5. The standard InChI is InChI=1S/C14H17N3O4/c1-8(4-3-5-12(18)19)16-13(20)10-6-11-9(2)17-21-14(11)15-7-10/h6-8H,3-5H2,1-2H3,(H,16,20)(H,18,19). The molecule has 2 aromatic rings. The van der Waals surface area contributed by atoms with Crippen LogP contribution in [0.2, 0.25) is 0 Å². The predicted octanol–water partition coefficient (Wildman–Crippen LogP) is 1.90. The van der Waals surface area contributed by atoms with Crippen molar-refractivity contribution in [3.63, 3.8) is 0 Å². The number of carboxylic acids is 1. The molecule has 2 aromatic heterocycles. The molecule has 0 aromatic carbocycles. The molecule has 0 saturated heterocycles. The van der Waals surface area contributed by atoms with Crippen LogP contribution in [0.5, 0.6) is 0 Å². The Balaban J connectivity index is 1.98. The van der Waals surface area contributed by atoms with E-state index in [9.17, 15) is 9.59 Å². The third kappa shape index (κ3) is 3.77. The normalized spacial score (nSPS) is 12.3. The zero-order chi connectivity index (χ0) is 15.4. The molecule has 0 saturated carbocycles. The minimum absolute atomic E-state index is 0.101. The Labute approximate surface area is 121 Å². The molecule has 0 aliphatic rings. The maximum Gasteiger partial charge on any atom is 0.303 e. The molecule has 0 spiro atoms. The topological polar surface area (TPSA) is 105 Å². The Kier molecular flexibility index (Phi) is 4.52. The van der Waals surface area contributed by atoms with Crippen LogP contribution in [0.15, 0.2) is 16.8 Å². The zero-order valence-corrected chi connectivity index (χ0v) is 11.9. The number of pyridine rings is 1. The van der Waals surface area contributed by atoms with E-state index in [-0.39, 0.29) is 18.4 Å². The van der Waals surface area contributed by atoms with Gasteiger partial charge in [0.15, 0.2) is 0 Å². The number of rotatable bonds is 6. The van der Waals surface area contributed by atoms with Gasteiger partial charge in [0, 0.05) is 18.7 Å². The number of hydrogen-bond acceptors (Lipinski definition) is 5. The van der Waals surface area contributed by atoms with E-state index in [1.807, 2.05) is 6.92 Å². The van der Waals surface area contributed by atoms with Gasteiger partial charge in [-0.15, -0.1) is 0 Å². The van der Waals surface area contributed by atoms with Crippen molar-refractivity contribution in [2.45, 2.75) is 39.2 Å². The number of fused-ring (bicyclic) bond motifs is 1. The van der Waals surface area contributed by atoms with E-state index in [1.54, 1.807) is 13.0 Å². The first-order valence-corrected chi connectivity index (χ1v) is 6.72. The summed E-state index contributed by atoms with van der Waals surface area (Å²) in [4.78, 5) is 26.6. The number of carbonyl (C=O) groups is 2. The van der Waals surface area contributed by atoms with Gasteiger partial charge in [-0.25, -0.2) is 4.98 Å². The molecule has 0 aliphatic carbocycles. The highest BCUT2D eigenvalue weighted by molar-refractivity contribution is 5.97. The van der Waals surface area contributed by atoms with Crippen molar-refractivity contribution in [3.05, 3.63) is 23.5 Å². The lowest BCUT2D eigenvalue weighted by atomic mass is 10.1. The van der Waals surface area contributed by atoms with Gasteiger partial charge in [-0.3, -0.25) is 9.59 Å². The maximum absolute atomic E-state index is 12.1. The second kappa shape index (κ2) is 6.34. The van der Waals surface area contributed by atoms with Gasteiger partial charge in [0.05, 0.1) is 16.6 Å². The average Bonchev–Trinajstić information content (AvgIpc) is 2.79. The molecule has 0 radical (unpaired) electrons. The molecular weight excluding hydrogens is 274 g/mol. The minimum Gasteiger partial charge on any atom is -0.481 e. The number of hydrogen-bond donors (Lipinski definition) is 2. The van der Waals surface area contributed by atoms with Gasteiger partial charge in [0.2, 0.25) is 0 Å². The van der Waals surface area contributed by atoms with E-state index >= 15 is 0 Å². The fourth-order valence-electron chi connectivity index (χ4n) is 2.01. The largest absolute Gasteiger partial charge is 0.481 e. The molecular formula is C14H17N3O4. The van der Waals surface area contributed by atoms with Crippen molar-refractivity contribution in [3.8, 4) is 0 Å². The number of amides is 1. The summed E-state index contributed by atoms with van der Waals surface area (Å²) in [6.07, 6.45) is 2.68. The molecule has 7 nitrogen and oxygen atoms in total. The molecule has 2 heterocycles. The lowest BCUT2D eigenvalue weighted by molar-refractivity contribution is -0.137. The number of nitrogens with one attached hydrogen (secondary N) is 1. The summed E-state index contributed by atoms with van der Waals surface area (Å²) in [5.74, 6) is -1.07. The summed E-state index contributed by atoms with van der Waals surface area (Å²) in [5, 5.41) is 15.9. The molecule has 1 atom stereocenters. The Hall–Kier alpha value is -2.44. The van der Waals surface area contributed by atoms with Crippen molar-refractivity contribution < 1.29 is 19.2 Å². The van der Waals surface area contributed by atoms with Crippen LogP contribution in [0.4, 0.5) is 0 Å². The molecule has 0 bridgehead atoms. The molecule has 1 unspecified atom stereocenters. The van der Waals surface area contributed by atoms with E-state index in [4.69, 9.17) is 9.63 Å². The SMILES string of the molecule is Cc1noc2ncc(C(=O)NC(C)CCCC(=O)O)cc12. The van der Waals surface area contributed by atoms with E-state index < -0.39 is 5.97 Å². The van der Waals surface area contributed by atoms with Crippen molar-refractivity contribution >= 4 is 23.0 Å². The number of aliphatic carboxylic acids is 1. The maximum atomic E-state index is 12.1. The molecule has 112 valence electrons. The molecule has 0 aliphatic heterocycles. The predicted molar refractivity (Wildman–Crippen MR) is 75.0 cm³/mol. The van der Waals surface area contributed by atoms with Gasteiger partial charge in [0.1, 0.15) is 0 Å². The number of carboxylic acid groups (broad SMARTS) is 1. The molecule has 1 amide bonds. The first kappa shape index (κ1) is 15.0. The second-order valence-corrected chi connectivity index (χ2v) is 5.01. The molecule has 21 heavy (non-hydrogen) atoms. The summed E-state index contributed by atoms with van der Waals surface area (Å²) in [6, 6.07) is 1.59. The number of aryl methyl sites for hydroxylation is 1. The monoisotopic (exact) mass is 291 g/mol. The van der Waals surface area contributed by atoms with Crippen LogP contribution < -0.4 is 5.32 Å². The van der Waals surface area contributed by atoms with E-state index in [2.05, 4.69) is 15.5 Å². The van der Waals surface area contributed by atoms with Crippen LogP contribution in [0, 0.1) is 6.92 Å². The smallest absolute Gasteiger partial charge is 0.303 e. The first-order chi connectivity index (χ1) is 9.97. The Morgan fingerprint density at radius 1 is 1.48 bits per heavy atom. The number of nitrogens with zero attached hydrogens (tertiary/aromatic N) is 2. The van der Waals surface area contributed by atoms with Crippen molar-refractivity contribution in [1.82, 2.24) is 15.5 Å². The van der Waals surface area contributed by atoms with Crippen molar-refractivity contribution in [2.24, 2.45) is 0 Å². The molecule has 7 heteroatoms. The van der Waals surface area contributed by atoms with Gasteiger partial charge >= 0.3 is 5.97 Å². The van der Waals surface area contributed by atoms with Gasteiger partial charge < -0.3 is 14.9 Å². The Bertz CT molecular complexity index is 665. The molecule has 0 fully saturated rings. The van der Waals surface area contributed by atoms with Crippen LogP contribution in [0.3, 0.4) is 0 Å². The van der Waals surface area contributed by atoms with Gasteiger partial charge in [-0.05, 0) is 32.8 Å². The summed E-state index contributed by atoms with van der Waals surface area (Å²) in [5.41, 5.74) is 1.51. The highest BCUT2D eigenvalue weighted by Crippen LogP contribution is 2.16. The van der Waals surface area contributed by atoms with Gasteiger partial charge in [-0.2, -0.15) is 0 Å². The number of aromatic nitrogens is 2. The first-order valence-electron chi connectivity index (χ1n) is 6.72. The van der Waals surface area contributed by atoms with Crippen molar-refractivity contribution in [2.75, 3.05) is 0 Å². The quantitative estimate of drug-likeness (QED) is 0.842. The average molecular weight is 291 g/mol. The Morgan fingerprint density at radius 2 is 2.24 bits per heavy atom. The summed E-state index contributed by atoms with van der Waals surface area (Å²) < 4.78 is 4.99. The van der Waals surface area contributed by atoms with Crippen molar-refractivity contribution in [1.29, 1.82) is 0 Å². The lowest BCUT2D eigenvalue weighted by Crippen LogP contribution is -2.32. The fraction of sp³-hybridized carbons (Fsp3) is 0.429. The number of carbonyl (C=O) groups excluding carboxylic acids is 1. The van der Waals surface area contributed by atoms with Gasteiger partial charge in [-0.1, -0.05) is 5.16 Å². The fourth-order valence-corrected chi connectivity index (χ4v) is 2.01. The highest BCUT2D eigenvalue weighted by Gasteiger charge is 2.13. The summed E-state index contributed by atoms with van der Waals surface area (Å²) >= 11 is 0. The van der Waals surface area contributed by atoms with E-state index in [0.29, 0.717) is 35.2 Å². The Morgan fingerprint density at radius 3 is 2.95 bits per heavy atom. The lowest BCUT2D eigenvalue weighted by Gasteiger charge is -2.13. The zero-order valence-electron chi connectivity index (χ0n) is 11.9. The molecule has 2 N–H and O–H groups in total. The van der Waals surface area contributed by atoms with Crippen LogP contribution in [-0.4, -0.2) is 33.2 Å². The minimum atomic E-state index is -0.828. The van der Waals surface area contributed by atoms with Crippen LogP contribution in [0.25, 0.3) is 11.1 Å². The van der Waals surface area contributed by atoms with E-state index in [1.165, 1.54) is 6.20 Å². The van der Waals surface area contributed by atoms with E-state index in [0.717, 1.165) is 0 Å². The molecule has 2 rings (SSSR count). The third-order valence-electron chi connectivity index (χ3n) is 3.18. The summed E-state index contributed by atoms with van der Waals surface area (Å²) in [6.45, 7) is 3.63. The van der Waals surface area contributed by atoms with Crippen LogP contribution in [0.1, 0.15) is 42.2 Å². The van der Waals surface area contributed by atoms with Crippen LogP contribution in [-0.2, 0) is 4.79 Å². The summed E-state index contributed by atoms with van der Waals surface area (Å²) in [7, 11) is 0. The third-order valence-corrected chi connectivity index (χ3v) is 3.18.